The number of nitrogens with one attached hydrogen (secondary N) is 1. The van der Waals surface area contributed by atoms with Gasteiger partial charge in [0.15, 0.2) is 0 Å². The molecule has 1 aromatic carbocycles. The molecule has 0 radical (unpaired) electrons. The van der Waals surface area contributed by atoms with Crippen LogP contribution in [0.2, 0.25) is 0 Å². The Morgan fingerprint density at radius 3 is 2.85 bits per heavy atom. The number of rotatable bonds is 2. The fraction of sp³-hybridized carbons (Fsp3) is 0.429. The van der Waals surface area contributed by atoms with Crippen LogP contribution in [-0.4, -0.2) is 47.8 Å². The summed E-state index contributed by atoms with van der Waals surface area (Å²) in [4.78, 5) is 24.8. The van der Waals surface area contributed by atoms with Crippen molar-refractivity contribution in [1.29, 1.82) is 0 Å². The molecule has 1 aromatic rings. The molecule has 0 saturated carbocycles. The lowest BCUT2D eigenvalue weighted by atomic mass is 10.1. The van der Waals surface area contributed by atoms with Crippen LogP contribution >= 0.6 is 0 Å². The highest BCUT2D eigenvalue weighted by atomic mass is 16.5. The van der Waals surface area contributed by atoms with Crippen LogP contribution in [0.15, 0.2) is 18.2 Å². The van der Waals surface area contributed by atoms with Gasteiger partial charge in [0, 0.05) is 18.8 Å². The highest BCUT2D eigenvalue weighted by Gasteiger charge is 2.21. The fourth-order valence-corrected chi connectivity index (χ4v) is 2.14. The first-order valence-corrected chi connectivity index (χ1v) is 6.49. The van der Waals surface area contributed by atoms with Gasteiger partial charge >= 0.3 is 12.0 Å². The van der Waals surface area contributed by atoms with Gasteiger partial charge in [0.2, 0.25) is 0 Å². The molecule has 108 valence electrons. The van der Waals surface area contributed by atoms with E-state index in [2.05, 4.69) is 5.32 Å². The Kier molecular flexibility index (Phi) is 4.24. The van der Waals surface area contributed by atoms with Crippen molar-refractivity contribution in [2.75, 3.05) is 25.0 Å². The van der Waals surface area contributed by atoms with Gasteiger partial charge in [0.25, 0.3) is 0 Å². The highest BCUT2D eigenvalue weighted by molar-refractivity contribution is 5.94. The summed E-state index contributed by atoms with van der Waals surface area (Å²) in [6, 6.07) is 4.62. The summed E-state index contributed by atoms with van der Waals surface area (Å²) in [6.45, 7) is 5.22. The Morgan fingerprint density at radius 2 is 2.20 bits per heavy atom. The minimum atomic E-state index is -1.00. The number of aromatic carboxylic acids is 1. The molecule has 1 heterocycles. The molecule has 2 rings (SSSR count). The zero-order valence-corrected chi connectivity index (χ0v) is 11.5. The number of carbonyl (C=O) groups is 2. The molecule has 0 bridgehead atoms. The number of hydrogen-bond acceptors (Lipinski definition) is 3. The number of ether oxygens (including phenoxy) is 1. The molecule has 6 nitrogen and oxygen atoms in total. The molecular formula is C14H18N2O4. The van der Waals surface area contributed by atoms with E-state index in [4.69, 9.17) is 9.84 Å². The number of nitrogens with zero attached hydrogens (tertiary/aromatic N) is 1. The Balaban J connectivity index is 2.07. The Morgan fingerprint density at radius 1 is 1.45 bits per heavy atom. The molecule has 0 aliphatic carbocycles. The number of carboxylic acid groups (broad SMARTS) is 1. The molecule has 0 aromatic heterocycles. The van der Waals surface area contributed by atoms with Crippen LogP contribution < -0.4 is 5.32 Å². The average Bonchev–Trinajstić information content (AvgIpc) is 2.40. The maximum absolute atomic E-state index is 12.1. The smallest absolute Gasteiger partial charge is 0.336 e. The van der Waals surface area contributed by atoms with E-state index in [0.717, 1.165) is 0 Å². The van der Waals surface area contributed by atoms with Gasteiger partial charge in [-0.25, -0.2) is 9.59 Å². The predicted octanol–water partition coefficient (Wildman–Crippen LogP) is 1.95. The van der Waals surface area contributed by atoms with Crippen molar-refractivity contribution in [3.05, 3.63) is 29.3 Å². The topological polar surface area (TPSA) is 78.9 Å². The molecule has 1 aliphatic rings. The molecule has 1 atom stereocenters. The third-order valence-electron chi connectivity index (χ3n) is 3.25. The van der Waals surface area contributed by atoms with E-state index >= 15 is 0 Å². The van der Waals surface area contributed by atoms with Crippen molar-refractivity contribution >= 4 is 17.7 Å². The lowest BCUT2D eigenvalue weighted by molar-refractivity contribution is -0.00138. The van der Waals surface area contributed by atoms with Crippen LogP contribution in [0.4, 0.5) is 10.5 Å². The second-order valence-corrected chi connectivity index (χ2v) is 4.89. The number of carboxylic acids is 1. The summed E-state index contributed by atoms with van der Waals surface area (Å²) < 4.78 is 5.38. The van der Waals surface area contributed by atoms with Gasteiger partial charge in [0.1, 0.15) is 0 Å². The van der Waals surface area contributed by atoms with Crippen LogP contribution in [0.3, 0.4) is 0 Å². The van der Waals surface area contributed by atoms with E-state index in [1.54, 1.807) is 24.0 Å². The van der Waals surface area contributed by atoms with E-state index < -0.39 is 5.97 Å². The number of urea groups is 1. The third-order valence-corrected chi connectivity index (χ3v) is 3.25. The summed E-state index contributed by atoms with van der Waals surface area (Å²) >= 11 is 0. The summed E-state index contributed by atoms with van der Waals surface area (Å²) in [5, 5.41) is 11.8. The predicted molar refractivity (Wildman–Crippen MR) is 74.1 cm³/mol. The van der Waals surface area contributed by atoms with E-state index in [1.807, 2.05) is 6.92 Å². The minimum absolute atomic E-state index is 0.0158. The van der Waals surface area contributed by atoms with Crippen LogP contribution in [0.25, 0.3) is 0 Å². The molecule has 20 heavy (non-hydrogen) atoms. The Hall–Kier alpha value is -2.08. The number of carbonyl (C=O) groups excluding carboxylic acids is 1. The minimum Gasteiger partial charge on any atom is -0.478 e. The summed E-state index contributed by atoms with van der Waals surface area (Å²) in [6.07, 6.45) is 0.0158. The number of amides is 2. The quantitative estimate of drug-likeness (QED) is 0.866. The molecule has 2 N–H and O–H groups in total. The summed E-state index contributed by atoms with van der Waals surface area (Å²) in [7, 11) is 0. The van der Waals surface area contributed by atoms with Crippen molar-refractivity contribution < 1.29 is 19.4 Å². The van der Waals surface area contributed by atoms with Gasteiger partial charge in [-0.2, -0.15) is 0 Å². The second-order valence-electron chi connectivity index (χ2n) is 4.89. The van der Waals surface area contributed by atoms with Crippen LogP contribution in [0.1, 0.15) is 22.8 Å². The highest BCUT2D eigenvalue weighted by Crippen LogP contribution is 2.16. The Bertz CT molecular complexity index is 530. The van der Waals surface area contributed by atoms with E-state index in [-0.39, 0.29) is 17.7 Å². The standard InChI is InChI=1S/C14H18N2O4/c1-9-3-4-11(7-12(9)13(17)18)15-14(19)16-5-6-20-10(2)8-16/h3-4,7,10H,5-6,8H2,1-2H3,(H,15,19)(H,17,18). The van der Waals surface area contributed by atoms with Crippen molar-refractivity contribution in [2.45, 2.75) is 20.0 Å². The average molecular weight is 278 g/mol. The van der Waals surface area contributed by atoms with Crippen LogP contribution in [0, 0.1) is 6.92 Å². The zero-order chi connectivity index (χ0) is 14.7. The van der Waals surface area contributed by atoms with Crippen molar-refractivity contribution in [3.8, 4) is 0 Å². The van der Waals surface area contributed by atoms with Crippen molar-refractivity contribution in [1.82, 2.24) is 4.90 Å². The van der Waals surface area contributed by atoms with Crippen LogP contribution in [0.5, 0.6) is 0 Å². The number of benzene rings is 1. The lowest BCUT2D eigenvalue weighted by Crippen LogP contribution is -2.46. The maximum Gasteiger partial charge on any atom is 0.336 e. The van der Waals surface area contributed by atoms with Gasteiger partial charge in [0.05, 0.1) is 18.3 Å². The van der Waals surface area contributed by atoms with Gasteiger partial charge in [-0.15, -0.1) is 0 Å². The van der Waals surface area contributed by atoms with Gasteiger partial charge in [-0.05, 0) is 31.5 Å². The van der Waals surface area contributed by atoms with E-state index in [9.17, 15) is 9.59 Å². The first kappa shape index (κ1) is 14.3. The number of morpholine rings is 1. The molecule has 2 amide bonds. The normalized spacial score (nSPS) is 18.7. The number of hydrogen-bond donors (Lipinski definition) is 2. The molecule has 1 unspecified atom stereocenters. The first-order chi connectivity index (χ1) is 9.47. The van der Waals surface area contributed by atoms with E-state index in [1.165, 1.54) is 6.07 Å². The lowest BCUT2D eigenvalue weighted by Gasteiger charge is -2.31. The second kappa shape index (κ2) is 5.92. The van der Waals surface area contributed by atoms with E-state index in [0.29, 0.717) is 30.9 Å². The largest absolute Gasteiger partial charge is 0.478 e. The first-order valence-electron chi connectivity index (χ1n) is 6.49. The molecule has 1 saturated heterocycles. The molecule has 6 heteroatoms. The summed E-state index contributed by atoms with van der Waals surface area (Å²) in [5.41, 5.74) is 1.34. The molecule has 1 aliphatic heterocycles. The number of aryl methyl sites for hydroxylation is 1. The maximum atomic E-state index is 12.1. The van der Waals surface area contributed by atoms with Crippen molar-refractivity contribution in [2.24, 2.45) is 0 Å². The van der Waals surface area contributed by atoms with Gasteiger partial charge < -0.3 is 20.1 Å². The fourth-order valence-electron chi connectivity index (χ4n) is 2.14. The Labute approximate surface area is 117 Å². The van der Waals surface area contributed by atoms with Gasteiger partial charge in [-0.3, -0.25) is 0 Å². The monoisotopic (exact) mass is 278 g/mol. The SMILES string of the molecule is Cc1ccc(NC(=O)N2CCOC(C)C2)cc1C(=O)O. The molecular weight excluding hydrogens is 260 g/mol. The number of anilines is 1. The van der Waals surface area contributed by atoms with Crippen LogP contribution in [-0.2, 0) is 4.74 Å². The molecule has 1 fully saturated rings. The zero-order valence-electron chi connectivity index (χ0n) is 11.5. The third kappa shape index (κ3) is 3.27. The van der Waals surface area contributed by atoms with Crippen molar-refractivity contribution in [3.63, 3.8) is 0 Å². The van der Waals surface area contributed by atoms with Gasteiger partial charge in [-0.1, -0.05) is 6.07 Å². The molecule has 0 spiro atoms. The summed E-state index contributed by atoms with van der Waals surface area (Å²) in [5.74, 6) is -1.00.